The zero-order chi connectivity index (χ0) is 17.6. The van der Waals surface area contributed by atoms with Gasteiger partial charge in [-0.3, -0.25) is 10.1 Å². The fourth-order valence-corrected chi connectivity index (χ4v) is 2.39. The topological polar surface area (TPSA) is 74.8 Å². The van der Waals surface area contributed by atoms with E-state index in [0.29, 0.717) is 10.6 Å². The first kappa shape index (κ1) is 19.7. The molecule has 3 amide bonds. The fourth-order valence-electron chi connectivity index (χ4n) is 1.84. The van der Waals surface area contributed by atoms with Crippen molar-refractivity contribution in [3.05, 3.63) is 33.6 Å². The maximum absolute atomic E-state index is 13.5. The van der Waals surface area contributed by atoms with Crippen molar-refractivity contribution < 1.29 is 19.3 Å². The zero-order valence-corrected chi connectivity index (χ0v) is 14.8. The van der Waals surface area contributed by atoms with Crippen LogP contribution in [0.5, 0.6) is 0 Å². The summed E-state index contributed by atoms with van der Waals surface area (Å²) in [6, 6.07) is 1.78. The number of imide groups is 1. The van der Waals surface area contributed by atoms with Gasteiger partial charge in [-0.05, 0) is 32.4 Å². The normalized spacial score (nSPS) is 13.3. The van der Waals surface area contributed by atoms with Crippen LogP contribution in [-0.4, -0.2) is 24.5 Å². The van der Waals surface area contributed by atoms with Crippen molar-refractivity contribution in [1.82, 2.24) is 10.6 Å². The molecule has 5 nitrogen and oxygen atoms in total. The van der Waals surface area contributed by atoms with Crippen molar-refractivity contribution >= 4 is 35.1 Å². The Morgan fingerprint density at radius 2 is 1.91 bits per heavy atom. The lowest BCUT2D eigenvalue weighted by atomic mass is 10.1. The Bertz CT molecular complexity index is 584. The largest absolute Gasteiger partial charge is 0.335 e. The second-order valence-corrected chi connectivity index (χ2v) is 6.16. The van der Waals surface area contributed by atoms with Crippen molar-refractivity contribution in [1.29, 1.82) is 0 Å². The Kier molecular flexibility index (Phi) is 7.75. The van der Waals surface area contributed by atoms with Gasteiger partial charge in [0.25, 0.3) is 5.91 Å². The monoisotopic (exact) mass is 364 g/mol. The van der Waals surface area contributed by atoms with Crippen molar-refractivity contribution in [3.63, 3.8) is 0 Å². The summed E-state index contributed by atoms with van der Waals surface area (Å²) in [5.74, 6) is -1.01. The molecular weight excluding hydrogens is 344 g/mol. The lowest BCUT2D eigenvalue weighted by Crippen LogP contribution is -2.87. The number of hydrogen-bond acceptors (Lipinski definition) is 2. The van der Waals surface area contributed by atoms with Crippen LogP contribution in [0.3, 0.4) is 0 Å². The van der Waals surface area contributed by atoms with E-state index in [4.69, 9.17) is 23.2 Å². The van der Waals surface area contributed by atoms with Gasteiger partial charge in [0.05, 0.1) is 10.0 Å². The first-order valence-electron chi connectivity index (χ1n) is 7.32. The van der Waals surface area contributed by atoms with Crippen LogP contribution in [0.15, 0.2) is 12.1 Å². The molecule has 1 rings (SSSR count). The fraction of sp³-hybridized carbons (Fsp3) is 0.467. The first-order valence-corrected chi connectivity index (χ1v) is 8.08. The van der Waals surface area contributed by atoms with E-state index in [1.807, 2.05) is 13.8 Å². The predicted molar refractivity (Wildman–Crippen MR) is 88.1 cm³/mol. The summed E-state index contributed by atoms with van der Waals surface area (Å²) in [5.41, 5.74) is 0.533. The molecule has 0 aliphatic heterocycles. The molecule has 23 heavy (non-hydrogen) atoms. The molecule has 0 spiro atoms. The molecule has 1 aromatic carbocycles. The third-order valence-electron chi connectivity index (χ3n) is 3.43. The zero-order valence-electron chi connectivity index (χ0n) is 13.3. The molecule has 0 bridgehead atoms. The molecule has 0 aromatic heterocycles. The van der Waals surface area contributed by atoms with E-state index >= 15 is 0 Å². The quantitative estimate of drug-likeness (QED) is 0.677. The Morgan fingerprint density at radius 1 is 1.26 bits per heavy atom. The van der Waals surface area contributed by atoms with Crippen LogP contribution in [0, 0.1) is 5.82 Å². The number of carbonyl (C=O) groups is 2. The molecule has 0 unspecified atom stereocenters. The molecule has 0 saturated carbocycles. The number of urea groups is 1. The number of halogens is 3. The van der Waals surface area contributed by atoms with Crippen molar-refractivity contribution in [3.8, 4) is 0 Å². The summed E-state index contributed by atoms with van der Waals surface area (Å²) in [6.07, 6.45) is 0.769. The van der Waals surface area contributed by atoms with Crippen molar-refractivity contribution in [2.24, 2.45) is 0 Å². The van der Waals surface area contributed by atoms with E-state index in [1.54, 1.807) is 12.2 Å². The van der Waals surface area contributed by atoms with Gasteiger partial charge in [0, 0.05) is 11.6 Å². The van der Waals surface area contributed by atoms with Crippen LogP contribution in [0.4, 0.5) is 9.18 Å². The maximum atomic E-state index is 13.5. The molecule has 4 N–H and O–H groups in total. The van der Waals surface area contributed by atoms with Gasteiger partial charge in [0.2, 0.25) is 0 Å². The minimum Gasteiger partial charge on any atom is -0.335 e. The minimum atomic E-state index is -0.566. The number of hydrogen-bond donors (Lipinski definition) is 3. The van der Waals surface area contributed by atoms with E-state index in [2.05, 4.69) is 10.6 Å². The summed E-state index contributed by atoms with van der Waals surface area (Å²) < 4.78 is 13.5. The highest BCUT2D eigenvalue weighted by atomic mass is 35.5. The van der Waals surface area contributed by atoms with E-state index in [0.717, 1.165) is 6.42 Å². The molecular formula is C15H21Cl2FN3O2+. The van der Waals surface area contributed by atoms with E-state index < -0.39 is 17.8 Å². The van der Waals surface area contributed by atoms with Gasteiger partial charge in [0.15, 0.2) is 6.54 Å². The molecule has 2 atom stereocenters. The van der Waals surface area contributed by atoms with Crippen LogP contribution in [0.2, 0.25) is 10.0 Å². The second kappa shape index (κ2) is 9.05. The van der Waals surface area contributed by atoms with E-state index in [9.17, 15) is 14.0 Å². The lowest BCUT2D eigenvalue weighted by molar-refractivity contribution is -0.682. The van der Waals surface area contributed by atoms with Gasteiger partial charge in [0.1, 0.15) is 11.9 Å². The van der Waals surface area contributed by atoms with Crippen LogP contribution in [0.25, 0.3) is 0 Å². The Balaban J connectivity index is 2.53. The number of amides is 3. The number of nitrogens with two attached hydrogens (primary N) is 1. The predicted octanol–water partition coefficient (Wildman–Crippen LogP) is 2.38. The van der Waals surface area contributed by atoms with E-state index in [1.165, 1.54) is 12.1 Å². The van der Waals surface area contributed by atoms with Gasteiger partial charge in [-0.2, -0.15) is 0 Å². The number of rotatable bonds is 6. The Morgan fingerprint density at radius 3 is 2.52 bits per heavy atom. The van der Waals surface area contributed by atoms with Crippen LogP contribution >= 0.6 is 23.2 Å². The highest BCUT2D eigenvalue weighted by Crippen LogP contribution is 2.27. The van der Waals surface area contributed by atoms with Gasteiger partial charge in [-0.25, -0.2) is 9.18 Å². The second-order valence-electron chi connectivity index (χ2n) is 5.35. The molecule has 0 saturated heterocycles. The standard InChI is InChI=1S/C15H20Cl2FN3O2/c1-4-8(2)20-15(23)21-14(22)7-19-9(3)10-5-13(18)12(17)6-11(10)16/h5-6,8-9,19H,4,7H2,1-3H3,(H2,20,21,22,23)/p+1/t8-,9+/m1/s1. The smallest absolute Gasteiger partial charge is 0.321 e. The van der Waals surface area contributed by atoms with Crippen molar-refractivity contribution in [2.45, 2.75) is 39.3 Å². The average molecular weight is 365 g/mol. The van der Waals surface area contributed by atoms with Gasteiger partial charge in [-0.15, -0.1) is 0 Å². The molecule has 0 aliphatic rings. The number of nitrogens with one attached hydrogen (secondary N) is 2. The summed E-state index contributed by atoms with van der Waals surface area (Å²) in [6.45, 7) is 5.56. The number of quaternary nitrogens is 1. The maximum Gasteiger partial charge on any atom is 0.321 e. The molecule has 0 aliphatic carbocycles. The summed E-state index contributed by atoms with van der Waals surface area (Å²) >= 11 is 11.7. The Hall–Kier alpha value is -1.37. The Labute approximate surface area is 144 Å². The van der Waals surface area contributed by atoms with Gasteiger partial charge < -0.3 is 10.6 Å². The van der Waals surface area contributed by atoms with Crippen LogP contribution in [0.1, 0.15) is 38.8 Å². The lowest BCUT2D eigenvalue weighted by Gasteiger charge is -2.14. The molecule has 0 heterocycles. The first-order chi connectivity index (χ1) is 10.7. The van der Waals surface area contributed by atoms with Crippen LogP contribution in [-0.2, 0) is 4.79 Å². The number of carbonyl (C=O) groups excluding carboxylic acids is 2. The van der Waals surface area contributed by atoms with E-state index in [-0.39, 0.29) is 23.7 Å². The van der Waals surface area contributed by atoms with Gasteiger partial charge >= 0.3 is 6.03 Å². The van der Waals surface area contributed by atoms with Crippen molar-refractivity contribution in [2.75, 3.05) is 6.54 Å². The summed E-state index contributed by atoms with van der Waals surface area (Å²) in [4.78, 5) is 23.3. The molecule has 128 valence electrons. The minimum absolute atomic E-state index is 0.00959. The molecule has 1 aromatic rings. The average Bonchev–Trinajstić information content (AvgIpc) is 2.48. The van der Waals surface area contributed by atoms with Gasteiger partial charge in [-0.1, -0.05) is 30.1 Å². The number of benzene rings is 1. The summed E-state index contributed by atoms with van der Waals surface area (Å²) in [7, 11) is 0. The molecule has 0 radical (unpaired) electrons. The SMILES string of the molecule is CC[C@@H](C)NC(=O)NC(=O)C[NH2+][C@@H](C)c1cc(F)c(Cl)cc1Cl. The van der Waals surface area contributed by atoms with Crippen LogP contribution < -0.4 is 16.0 Å². The third-order valence-corrected chi connectivity index (χ3v) is 4.05. The molecule has 8 heteroatoms. The third kappa shape index (κ3) is 6.33. The summed E-state index contributed by atoms with van der Waals surface area (Å²) in [5, 5.41) is 6.80. The highest BCUT2D eigenvalue weighted by molar-refractivity contribution is 6.35. The molecule has 0 fully saturated rings. The highest BCUT2D eigenvalue weighted by Gasteiger charge is 2.18.